The molecular formula is C39H42N12O3. The molecule has 0 radical (unpaired) electrons. The molecule has 0 atom stereocenters. The van der Waals surface area contributed by atoms with E-state index < -0.39 is 6.03 Å². The fourth-order valence-electron chi connectivity index (χ4n) is 5.34. The molecule has 4 N–H and O–H groups in total. The molecular weight excluding hydrogens is 685 g/mol. The van der Waals surface area contributed by atoms with Crippen molar-refractivity contribution in [2.45, 2.75) is 12.8 Å². The van der Waals surface area contributed by atoms with Crippen molar-refractivity contribution in [1.29, 1.82) is 0 Å². The zero-order valence-corrected chi connectivity index (χ0v) is 30.5. The van der Waals surface area contributed by atoms with Crippen molar-refractivity contribution in [3.63, 3.8) is 0 Å². The molecule has 0 aliphatic rings. The zero-order valence-electron chi connectivity index (χ0n) is 30.5. The number of nitrogens with zero attached hydrogens (tertiary/aromatic N) is 8. The highest BCUT2D eigenvalue weighted by atomic mass is 16.2. The summed E-state index contributed by atoms with van der Waals surface area (Å²) in [5.74, 6) is -0.0908. The van der Waals surface area contributed by atoms with Crippen LogP contribution in [0.15, 0.2) is 109 Å². The third-order valence-corrected chi connectivity index (χ3v) is 8.22. The minimum Gasteiger partial charge on any atom is -0.326 e. The van der Waals surface area contributed by atoms with Crippen molar-refractivity contribution in [3.05, 3.63) is 109 Å². The molecule has 2 heterocycles. The van der Waals surface area contributed by atoms with Crippen LogP contribution in [0.3, 0.4) is 0 Å². The van der Waals surface area contributed by atoms with Crippen LogP contribution in [0.4, 0.5) is 27.5 Å². The third kappa shape index (κ3) is 10.2. The van der Waals surface area contributed by atoms with Gasteiger partial charge in [-0.1, -0.05) is 34.7 Å². The molecule has 0 spiro atoms. The molecule has 6 rings (SSSR count). The Labute approximate surface area is 313 Å². The van der Waals surface area contributed by atoms with Crippen molar-refractivity contribution in [1.82, 2.24) is 39.8 Å². The van der Waals surface area contributed by atoms with Crippen molar-refractivity contribution in [2.24, 2.45) is 0 Å². The smallest absolute Gasteiger partial charge is 0.323 e. The van der Waals surface area contributed by atoms with E-state index >= 15 is 0 Å². The zero-order chi connectivity index (χ0) is 38.0. The summed E-state index contributed by atoms with van der Waals surface area (Å²) >= 11 is 0. The van der Waals surface area contributed by atoms with E-state index in [0.717, 1.165) is 22.5 Å². The second-order valence-electron chi connectivity index (χ2n) is 13.1. The molecule has 0 bridgehead atoms. The van der Waals surface area contributed by atoms with Gasteiger partial charge in [-0.2, -0.15) is 0 Å². The fraction of sp³-hybridized carbons (Fsp3) is 0.205. The van der Waals surface area contributed by atoms with Gasteiger partial charge in [0.1, 0.15) is 11.4 Å². The van der Waals surface area contributed by atoms with Gasteiger partial charge in [0.2, 0.25) is 11.8 Å². The summed E-state index contributed by atoms with van der Waals surface area (Å²) in [5.41, 5.74) is 6.92. The van der Waals surface area contributed by atoms with Gasteiger partial charge in [-0.25, -0.2) is 14.2 Å². The topological polar surface area (TPSA) is 167 Å². The number of hydrogen-bond acceptors (Lipinski definition) is 9. The van der Waals surface area contributed by atoms with E-state index in [1.807, 2.05) is 123 Å². The van der Waals surface area contributed by atoms with Gasteiger partial charge >= 0.3 is 6.03 Å². The Kier molecular flexibility index (Phi) is 11.8. The summed E-state index contributed by atoms with van der Waals surface area (Å²) in [6.45, 7) is 1.35. The lowest BCUT2D eigenvalue weighted by Gasteiger charge is -2.10. The monoisotopic (exact) mass is 726 g/mol. The number of benzene rings is 4. The SMILES string of the molecule is CN(C)CCC(=O)Nc1ccc(-n2cc(-c3cccc(NC(=O)Nc4cccc(-c5cn(-c6ccc(NC(=O)CCN(C)C)cc6)nn5)c4)c3)nn2)cc1. The summed E-state index contributed by atoms with van der Waals surface area (Å²) in [4.78, 5) is 41.3. The quantitative estimate of drug-likeness (QED) is 0.112. The number of nitrogens with one attached hydrogen (secondary N) is 4. The van der Waals surface area contributed by atoms with Gasteiger partial charge in [0.15, 0.2) is 0 Å². The van der Waals surface area contributed by atoms with Crippen LogP contribution in [0.25, 0.3) is 33.9 Å². The first kappa shape index (κ1) is 37.1. The number of aromatic nitrogens is 6. The number of rotatable bonds is 14. The number of carbonyl (C=O) groups excluding carboxylic acids is 3. The van der Waals surface area contributed by atoms with Crippen molar-refractivity contribution >= 4 is 40.6 Å². The average molecular weight is 727 g/mol. The predicted octanol–water partition coefficient (Wildman–Crippen LogP) is 5.61. The molecule has 4 aromatic carbocycles. The Hall–Kier alpha value is -6.71. The first-order valence-corrected chi connectivity index (χ1v) is 17.3. The van der Waals surface area contributed by atoms with Gasteiger partial charge < -0.3 is 31.1 Å². The summed E-state index contributed by atoms with van der Waals surface area (Å²) in [6, 6.07) is 29.0. The number of carbonyl (C=O) groups is 3. The van der Waals surface area contributed by atoms with Gasteiger partial charge in [-0.3, -0.25) is 9.59 Å². The van der Waals surface area contributed by atoms with Crippen molar-refractivity contribution in [2.75, 3.05) is 62.5 Å². The summed E-state index contributed by atoms with van der Waals surface area (Å²) in [6.07, 6.45) is 4.42. The average Bonchev–Trinajstić information content (AvgIpc) is 3.86. The first-order valence-electron chi connectivity index (χ1n) is 17.3. The van der Waals surface area contributed by atoms with E-state index in [2.05, 4.69) is 41.9 Å². The molecule has 2 aromatic heterocycles. The van der Waals surface area contributed by atoms with Crippen LogP contribution in [0, 0.1) is 0 Å². The lowest BCUT2D eigenvalue weighted by molar-refractivity contribution is -0.117. The van der Waals surface area contributed by atoms with Crippen LogP contribution in [-0.2, 0) is 9.59 Å². The largest absolute Gasteiger partial charge is 0.326 e. The van der Waals surface area contributed by atoms with Crippen LogP contribution in [-0.4, -0.2) is 98.9 Å². The van der Waals surface area contributed by atoms with Gasteiger partial charge in [-0.15, -0.1) is 10.2 Å². The molecule has 15 heteroatoms. The van der Waals surface area contributed by atoms with Crippen LogP contribution in [0.2, 0.25) is 0 Å². The molecule has 0 aliphatic heterocycles. The predicted molar refractivity (Wildman–Crippen MR) is 210 cm³/mol. The standard InChI is InChI=1S/C39H42N12O3/c1-48(2)21-19-37(52)40-29-11-15-33(16-12-29)50-25-35(44-46-50)27-7-5-9-31(23-27)42-39(54)43-32-10-6-8-28(24-32)36-26-51(47-45-36)34-17-13-30(14-18-34)41-38(53)20-22-49(3)4/h5-18,23-26H,19-22H2,1-4H3,(H,40,52)(H,41,53)(H2,42,43,54). The van der Waals surface area contributed by atoms with E-state index in [-0.39, 0.29) is 11.8 Å². The maximum Gasteiger partial charge on any atom is 0.323 e. The Morgan fingerprint density at radius 3 is 1.33 bits per heavy atom. The molecule has 54 heavy (non-hydrogen) atoms. The lowest BCUT2D eigenvalue weighted by atomic mass is 10.1. The van der Waals surface area contributed by atoms with Gasteiger partial charge in [-0.05, 0) is 101 Å². The van der Waals surface area contributed by atoms with Crippen LogP contribution < -0.4 is 21.3 Å². The van der Waals surface area contributed by atoms with E-state index in [1.54, 1.807) is 33.9 Å². The first-order chi connectivity index (χ1) is 26.1. The van der Waals surface area contributed by atoms with Gasteiger partial charge in [0.05, 0.1) is 23.8 Å². The Balaban J connectivity index is 1.04. The minimum atomic E-state index is -0.417. The highest BCUT2D eigenvalue weighted by Gasteiger charge is 2.12. The van der Waals surface area contributed by atoms with Crippen LogP contribution in [0.5, 0.6) is 0 Å². The molecule has 0 aliphatic carbocycles. The number of urea groups is 1. The Bertz CT molecular complexity index is 2050. The maximum atomic E-state index is 13.0. The van der Waals surface area contributed by atoms with Crippen molar-refractivity contribution in [3.8, 4) is 33.9 Å². The molecule has 4 amide bonds. The Morgan fingerprint density at radius 2 is 0.944 bits per heavy atom. The number of anilines is 4. The van der Waals surface area contributed by atoms with Crippen LogP contribution >= 0.6 is 0 Å². The van der Waals surface area contributed by atoms with E-state index in [1.165, 1.54) is 0 Å². The summed E-state index contributed by atoms with van der Waals surface area (Å²) < 4.78 is 3.30. The third-order valence-electron chi connectivity index (χ3n) is 8.22. The maximum absolute atomic E-state index is 13.0. The molecule has 0 unspecified atom stereocenters. The highest BCUT2D eigenvalue weighted by molar-refractivity contribution is 6.00. The number of amides is 4. The molecule has 276 valence electrons. The summed E-state index contributed by atoms with van der Waals surface area (Å²) in [7, 11) is 7.72. The lowest BCUT2D eigenvalue weighted by Crippen LogP contribution is -2.20. The molecule has 0 saturated heterocycles. The van der Waals surface area contributed by atoms with Crippen molar-refractivity contribution < 1.29 is 14.4 Å². The van der Waals surface area contributed by atoms with Gasteiger partial charge in [0, 0.05) is 59.8 Å². The highest BCUT2D eigenvalue weighted by Crippen LogP contribution is 2.24. The van der Waals surface area contributed by atoms with E-state index in [9.17, 15) is 14.4 Å². The van der Waals surface area contributed by atoms with E-state index in [0.29, 0.717) is 60.1 Å². The second kappa shape index (κ2) is 17.2. The molecule has 15 nitrogen and oxygen atoms in total. The molecule has 0 saturated carbocycles. The molecule has 0 fully saturated rings. The Morgan fingerprint density at radius 1 is 0.537 bits per heavy atom. The number of hydrogen-bond donors (Lipinski definition) is 4. The summed E-state index contributed by atoms with van der Waals surface area (Å²) in [5, 5.41) is 28.8. The fourth-order valence-corrected chi connectivity index (χ4v) is 5.34. The van der Waals surface area contributed by atoms with Crippen LogP contribution in [0.1, 0.15) is 12.8 Å². The van der Waals surface area contributed by atoms with Gasteiger partial charge in [0.25, 0.3) is 0 Å². The normalized spacial score (nSPS) is 11.1. The van der Waals surface area contributed by atoms with E-state index in [4.69, 9.17) is 0 Å². The minimum absolute atomic E-state index is 0.0454. The molecule has 6 aromatic rings. The second-order valence-corrected chi connectivity index (χ2v) is 13.1.